The minimum Gasteiger partial charge on any atom is -0.349 e. The summed E-state index contributed by atoms with van der Waals surface area (Å²) in [5, 5.41) is 3.12. The van der Waals surface area contributed by atoms with Gasteiger partial charge in [-0.15, -0.1) is 0 Å². The van der Waals surface area contributed by atoms with E-state index in [0.717, 1.165) is 32.0 Å². The van der Waals surface area contributed by atoms with Crippen molar-refractivity contribution >= 4 is 5.91 Å². The number of hydrogen-bond acceptors (Lipinski definition) is 3. The Bertz CT molecular complexity index is 408. The lowest BCUT2D eigenvalue weighted by molar-refractivity contribution is 0.0909. The zero-order valence-corrected chi connectivity index (χ0v) is 10.5. The molecule has 1 saturated carbocycles. The summed E-state index contributed by atoms with van der Waals surface area (Å²) in [5.41, 5.74) is 0.703. The number of nitrogens with one attached hydrogen (secondary N) is 1. The number of aromatic nitrogens is 1. The lowest BCUT2D eigenvalue weighted by Gasteiger charge is -2.32. The smallest absolute Gasteiger partial charge is 0.251 e. The second-order valence-corrected chi connectivity index (χ2v) is 5.25. The molecule has 2 fully saturated rings. The first-order chi connectivity index (χ1) is 8.83. The fraction of sp³-hybridized carbons (Fsp3) is 0.571. The molecule has 4 heteroatoms. The first kappa shape index (κ1) is 11.7. The van der Waals surface area contributed by atoms with E-state index < -0.39 is 0 Å². The number of carbonyl (C=O) groups excluding carboxylic acids is 1. The molecule has 1 aliphatic carbocycles. The molecule has 4 nitrogen and oxygen atoms in total. The Morgan fingerprint density at radius 1 is 1.17 bits per heavy atom. The van der Waals surface area contributed by atoms with Crippen molar-refractivity contribution in [2.75, 3.05) is 13.1 Å². The molecule has 1 N–H and O–H groups in total. The summed E-state index contributed by atoms with van der Waals surface area (Å²) in [6.07, 6.45) is 8.21. The fourth-order valence-corrected chi connectivity index (χ4v) is 2.62. The monoisotopic (exact) mass is 245 g/mol. The summed E-state index contributed by atoms with van der Waals surface area (Å²) >= 11 is 0. The van der Waals surface area contributed by atoms with Crippen LogP contribution >= 0.6 is 0 Å². The van der Waals surface area contributed by atoms with E-state index >= 15 is 0 Å². The molecule has 0 radical (unpaired) electrons. The maximum atomic E-state index is 12.0. The van der Waals surface area contributed by atoms with E-state index in [-0.39, 0.29) is 5.91 Å². The van der Waals surface area contributed by atoms with E-state index in [1.807, 2.05) is 0 Å². The maximum absolute atomic E-state index is 12.0. The summed E-state index contributed by atoms with van der Waals surface area (Å²) in [4.78, 5) is 18.5. The van der Waals surface area contributed by atoms with Crippen LogP contribution in [0.4, 0.5) is 0 Å². The number of pyridine rings is 1. The number of amides is 1. The van der Waals surface area contributed by atoms with E-state index in [1.54, 1.807) is 24.5 Å². The molecule has 1 aromatic rings. The highest BCUT2D eigenvalue weighted by Crippen LogP contribution is 2.29. The van der Waals surface area contributed by atoms with Crippen LogP contribution in [0.2, 0.25) is 0 Å². The quantitative estimate of drug-likeness (QED) is 0.876. The number of piperidine rings is 1. The van der Waals surface area contributed by atoms with Gasteiger partial charge in [-0.1, -0.05) is 0 Å². The number of nitrogens with zero attached hydrogens (tertiary/aromatic N) is 2. The fourth-order valence-electron chi connectivity index (χ4n) is 2.62. The van der Waals surface area contributed by atoms with Crippen molar-refractivity contribution in [3.63, 3.8) is 0 Å². The largest absolute Gasteiger partial charge is 0.349 e. The third kappa shape index (κ3) is 2.70. The highest BCUT2D eigenvalue weighted by Gasteiger charge is 2.32. The third-order valence-corrected chi connectivity index (χ3v) is 3.87. The summed E-state index contributed by atoms with van der Waals surface area (Å²) in [5.74, 6) is 0.0299. The van der Waals surface area contributed by atoms with Crippen molar-refractivity contribution in [1.29, 1.82) is 0 Å². The van der Waals surface area contributed by atoms with Gasteiger partial charge in [-0.05, 0) is 37.8 Å². The molecule has 1 aromatic heterocycles. The Morgan fingerprint density at radius 2 is 1.83 bits per heavy atom. The normalized spacial score (nSPS) is 21.8. The van der Waals surface area contributed by atoms with Crippen LogP contribution in [0.15, 0.2) is 24.5 Å². The van der Waals surface area contributed by atoms with E-state index in [2.05, 4.69) is 15.2 Å². The van der Waals surface area contributed by atoms with Crippen LogP contribution in [-0.4, -0.2) is 41.0 Å². The number of carbonyl (C=O) groups is 1. The number of rotatable bonds is 3. The molecule has 18 heavy (non-hydrogen) atoms. The van der Waals surface area contributed by atoms with E-state index in [0.29, 0.717) is 11.6 Å². The molecule has 0 unspecified atom stereocenters. The average Bonchev–Trinajstić information content (AvgIpc) is 3.25. The first-order valence-electron chi connectivity index (χ1n) is 6.78. The van der Waals surface area contributed by atoms with Gasteiger partial charge in [0.1, 0.15) is 0 Å². The second-order valence-electron chi connectivity index (χ2n) is 5.25. The summed E-state index contributed by atoms with van der Waals surface area (Å²) in [7, 11) is 0. The van der Waals surface area contributed by atoms with E-state index in [4.69, 9.17) is 0 Å². The van der Waals surface area contributed by atoms with Gasteiger partial charge in [-0.3, -0.25) is 9.78 Å². The highest BCUT2D eigenvalue weighted by atomic mass is 16.1. The Hall–Kier alpha value is -1.42. The van der Waals surface area contributed by atoms with Crippen LogP contribution in [0.1, 0.15) is 36.0 Å². The highest BCUT2D eigenvalue weighted by molar-refractivity contribution is 5.94. The Morgan fingerprint density at radius 3 is 2.44 bits per heavy atom. The summed E-state index contributed by atoms with van der Waals surface area (Å²) < 4.78 is 0. The SMILES string of the molecule is O=C(NC1CCN(C2CC2)CC1)c1ccncc1. The van der Waals surface area contributed by atoms with Crippen LogP contribution in [0.5, 0.6) is 0 Å². The van der Waals surface area contributed by atoms with Gasteiger partial charge in [-0.2, -0.15) is 0 Å². The molecule has 0 bridgehead atoms. The lowest BCUT2D eigenvalue weighted by Crippen LogP contribution is -2.45. The van der Waals surface area contributed by atoms with Crippen molar-refractivity contribution in [2.24, 2.45) is 0 Å². The predicted molar refractivity (Wildman–Crippen MR) is 69.3 cm³/mol. The minimum atomic E-state index is 0.0299. The summed E-state index contributed by atoms with van der Waals surface area (Å²) in [6, 6.07) is 4.70. The third-order valence-electron chi connectivity index (χ3n) is 3.87. The molecule has 0 atom stereocenters. The van der Waals surface area contributed by atoms with Gasteiger partial charge < -0.3 is 10.2 Å². The van der Waals surface area contributed by atoms with E-state index in [9.17, 15) is 4.79 Å². The van der Waals surface area contributed by atoms with E-state index in [1.165, 1.54) is 12.8 Å². The molecule has 96 valence electrons. The molecule has 1 aliphatic heterocycles. The molecule has 0 aromatic carbocycles. The van der Waals surface area contributed by atoms with Gasteiger partial charge in [0.15, 0.2) is 0 Å². The Kier molecular flexibility index (Phi) is 3.28. The standard InChI is InChI=1S/C14H19N3O/c18-14(11-3-7-15-8-4-11)16-12-5-9-17(10-6-12)13-1-2-13/h3-4,7-8,12-13H,1-2,5-6,9-10H2,(H,16,18). The molecular formula is C14H19N3O. The van der Waals surface area contributed by atoms with Crippen molar-refractivity contribution in [3.8, 4) is 0 Å². The summed E-state index contributed by atoms with van der Waals surface area (Å²) in [6.45, 7) is 2.26. The lowest BCUT2D eigenvalue weighted by atomic mass is 10.0. The molecule has 1 amide bonds. The van der Waals surface area contributed by atoms with Crippen molar-refractivity contribution < 1.29 is 4.79 Å². The topological polar surface area (TPSA) is 45.2 Å². The molecule has 2 heterocycles. The maximum Gasteiger partial charge on any atom is 0.251 e. The Balaban J connectivity index is 1.50. The van der Waals surface area contributed by atoms with Crippen LogP contribution < -0.4 is 5.32 Å². The van der Waals surface area contributed by atoms with Gasteiger partial charge in [0.25, 0.3) is 5.91 Å². The van der Waals surface area contributed by atoms with Crippen molar-refractivity contribution in [3.05, 3.63) is 30.1 Å². The van der Waals surface area contributed by atoms with Gasteiger partial charge in [0.2, 0.25) is 0 Å². The minimum absolute atomic E-state index is 0.0299. The van der Waals surface area contributed by atoms with Crippen LogP contribution in [0, 0.1) is 0 Å². The van der Waals surface area contributed by atoms with Gasteiger partial charge in [0.05, 0.1) is 0 Å². The average molecular weight is 245 g/mol. The van der Waals surface area contributed by atoms with Crippen molar-refractivity contribution in [1.82, 2.24) is 15.2 Å². The number of likely N-dealkylation sites (tertiary alicyclic amines) is 1. The van der Waals surface area contributed by atoms with Crippen LogP contribution in [-0.2, 0) is 0 Å². The number of hydrogen-bond donors (Lipinski definition) is 1. The predicted octanol–water partition coefficient (Wildman–Crippen LogP) is 1.44. The molecular weight excluding hydrogens is 226 g/mol. The van der Waals surface area contributed by atoms with Crippen LogP contribution in [0.3, 0.4) is 0 Å². The van der Waals surface area contributed by atoms with Gasteiger partial charge >= 0.3 is 0 Å². The molecule has 2 aliphatic rings. The zero-order chi connectivity index (χ0) is 12.4. The van der Waals surface area contributed by atoms with Gasteiger partial charge in [0, 0.05) is 43.1 Å². The Labute approximate surface area is 107 Å². The van der Waals surface area contributed by atoms with Gasteiger partial charge in [-0.25, -0.2) is 0 Å². The first-order valence-corrected chi connectivity index (χ1v) is 6.78. The van der Waals surface area contributed by atoms with Crippen molar-refractivity contribution in [2.45, 2.75) is 37.8 Å². The molecule has 1 saturated heterocycles. The van der Waals surface area contributed by atoms with Crippen LogP contribution in [0.25, 0.3) is 0 Å². The second kappa shape index (κ2) is 5.06. The zero-order valence-electron chi connectivity index (χ0n) is 10.5. The molecule has 3 rings (SSSR count). The molecule has 0 spiro atoms.